The van der Waals surface area contributed by atoms with E-state index in [1.165, 1.54) is 0 Å². The van der Waals surface area contributed by atoms with Gasteiger partial charge in [0.05, 0.1) is 6.61 Å². The molecule has 0 bridgehead atoms. The van der Waals surface area contributed by atoms with E-state index in [9.17, 15) is 4.79 Å². The number of hydrogen-bond donors (Lipinski definition) is 2. The third kappa shape index (κ3) is 5.82. The fourth-order valence-electron chi connectivity index (χ4n) is 0.486. The molecule has 0 aromatic rings. The summed E-state index contributed by atoms with van der Waals surface area (Å²) in [7, 11) is 0. The predicted octanol–water partition coefficient (Wildman–Crippen LogP) is 0.215. The zero-order chi connectivity index (χ0) is 9.40. The van der Waals surface area contributed by atoms with Crippen molar-refractivity contribution in [3.05, 3.63) is 0 Å². The van der Waals surface area contributed by atoms with Crippen LogP contribution in [0.5, 0.6) is 0 Å². The topological polar surface area (TPSA) is 72.5 Å². The summed E-state index contributed by atoms with van der Waals surface area (Å²) >= 11 is 0. The van der Waals surface area contributed by atoms with Gasteiger partial charge in [0, 0.05) is 7.98 Å². The van der Waals surface area contributed by atoms with Crippen LogP contribution in [0, 0.1) is 0 Å². The average molecular weight is 162 g/mol. The third-order valence-electron chi connectivity index (χ3n) is 1.15. The molecule has 0 rings (SSSR count). The van der Waals surface area contributed by atoms with Gasteiger partial charge in [0.1, 0.15) is 6.04 Å². The lowest BCUT2D eigenvalue weighted by Crippen LogP contribution is -2.34. The lowest BCUT2D eigenvalue weighted by molar-refractivity contribution is -0.140. The van der Waals surface area contributed by atoms with Crippen molar-refractivity contribution >= 4 is 5.97 Å². The first-order valence-electron chi connectivity index (χ1n) is 4.24. The van der Waals surface area contributed by atoms with Crippen molar-refractivity contribution in [3.63, 3.8) is 0 Å². The molecule has 3 N–H and O–H groups in total. The van der Waals surface area contributed by atoms with Crippen LogP contribution >= 0.6 is 0 Å². The van der Waals surface area contributed by atoms with Crippen LogP contribution < -0.4 is 5.73 Å². The molecule has 4 nitrogen and oxygen atoms in total. The number of unbranched alkanes of at least 4 members (excludes halogenated alkanes) is 1. The average Bonchev–Trinajstić information content (AvgIpc) is 2.03. The fraction of sp³-hybridized carbons (Fsp3) is 0.857. The van der Waals surface area contributed by atoms with Crippen molar-refractivity contribution in [2.24, 2.45) is 5.73 Å². The summed E-state index contributed by atoms with van der Waals surface area (Å²) in [5.41, 5.74) is 5.17. The van der Waals surface area contributed by atoms with Crippen LogP contribution in [-0.4, -0.2) is 30.3 Å². The maximum Gasteiger partial charge on any atom is 0.322 e. The Morgan fingerprint density at radius 3 is 3.18 bits per heavy atom. The predicted molar refractivity (Wildman–Crippen MR) is 41.3 cm³/mol. The molecule has 0 aliphatic heterocycles. The van der Waals surface area contributed by atoms with Gasteiger partial charge in [0.2, 0.25) is 0 Å². The number of nitrogens with two attached hydrogens (primary N) is 1. The van der Waals surface area contributed by atoms with E-state index in [1.807, 2.05) is 0 Å². The van der Waals surface area contributed by atoms with Gasteiger partial charge in [0.15, 0.2) is 0 Å². The summed E-state index contributed by atoms with van der Waals surface area (Å²) in [6.45, 7) is 0.918. The first-order chi connectivity index (χ1) is 5.68. The molecular formula is C7H15NO3. The molecule has 0 aromatic carbocycles. The fourth-order valence-corrected chi connectivity index (χ4v) is 0.486. The molecule has 0 fully saturated rings. The van der Waals surface area contributed by atoms with E-state index in [-0.39, 0.29) is 6.61 Å². The van der Waals surface area contributed by atoms with E-state index in [2.05, 4.69) is 0 Å². The van der Waals surface area contributed by atoms with Gasteiger partial charge in [-0.25, -0.2) is 0 Å². The van der Waals surface area contributed by atoms with Gasteiger partial charge in [0.25, 0.3) is 0 Å². The lowest BCUT2D eigenvalue weighted by atomic mass is 10.3. The minimum Gasteiger partial charge on any atom is -0.480 e. The molecule has 11 heavy (non-hydrogen) atoms. The normalized spacial score (nSPS) is 14.1. The maximum absolute atomic E-state index is 10.2. The minimum atomic E-state index is -1.05. The quantitative estimate of drug-likeness (QED) is 0.548. The van der Waals surface area contributed by atoms with E-state index in [1.54, 1.807) is 0 Å². The Kier molecular flexibility index (Phi) is 4.72. The van der Waals surface area contributed by atoms with E-state index in [0.717, 1.165) is 12.8 Å². The molecule has 4 heteroatoms. The smallest absolute Gasteiger partial charge is 0.322 e. The first-order valence-corrected chi connectivity index (χ1v) is 3.54. The second-order valence-electron chi connectivity index (χ2n) is 2.23. The minimum absolute atomic E-state index is 0.0489. The van der Waals surface area contributed by atoms with Crippen molar-refractivity contribution in [1.29, 1.82) is 0 Å². The number of rotatable bonds is 6. The van der Waals surface area contributed by atoms with Crippen molar-refractivity contribution in [2.45, 2.75) is 25.8 Å². The van der Waals surface area contributed by atoms with Crippen molar-refractivity contribution in [1.82, 2.24) is 0 Å². The standard InChI is InChI=1S/C7H15NO3/c1-2-3-4-11-5-6(8)7(9)10/h6H,2-5,8H2,1H3,(H,9,10)/t6-/m0/s1/i1D. The monoisotopic (exact) mass is 162 g/mol. The molecule has 66 valence electrons. The summed E-state index contributed by atoms with van der Waals surface area (Å²) in [5.74, 6) is -1.05. The molecular weight excluding hydrogens is 146 g/mol. The number of carboxylic acids is 1. The van der Waals surface area contributed by atoms with Gasteiger partial charge in [-0.15, -0.1) is 0 Å². The zero-order valence-electron chi connectivity index (χ0n) is 7.45. The SMILES string of the molecule is [2H]CCCCOC[C@H](N)C(=O)O. The highest BCUT2D eigenvalue weighted by Gasteiger charge is 2.10. The van der Waals surface area contributed by atoms with Gasteiger partial charge in [-0.3, -0.25) is 4.79 Å². The number of ether oxygens (including phenoxy) is 1. The highest BCUT2D eigenvalue weighted by Crippen LogP contribution is 1.89. The molecule has 0 saturated carbocycles. The molecule has 0 unspecified atom stereocenters. The van der Waals surface area contributed by atoms with Crippen molar-refractivity contribution in [3.8, 4) is 0 Å². The van der Waals surface area contributed by atoms with Gasteiger partial charge < -0.3 is 15.6 Å². The van der Waals surface area contributed by atoms with Crippen LogP contribution in [0.15, 0.2) is 0 Å². The van der Waals surface area contributed by atoms with Gasteiger partial charge in [-0.1, -0.05) is 13.3 Å². The van der Waals surface area contributed by atoms with E-state index in [4.69, 9.17) is 16.9 Å². The molecule has 0 spiro atoms. The Hall–Kier alpha value is -0.610. The van der Waals surface area contributed by atoms with Crippen LogP contribution in [0.1, 0.15) is 21.1 Å². The molecule has 0 radical (unpaired) electrons. The maximum atomic E-state index is 10.2. The summed E-state index contributed by atoms with van der Waals surface area (Å²) in [4.78, 5) is 10.2. The Balaban J connectivity index is 3.14. The van der Waals surface area contributed by atoms with Crippen LogP contribution in [0.4, 0.5) is 0 Å². The van der Waals surface area contributed by atoms with Crippen molar-refractivity contribution < 1.29 is 16.0 Å². The van der Waals surface area contributed by atoms with Crippen LogP contribution in [-0.2, 0) is 9.53 Å². The van der Waals surface area contributed by atoms with E-state index < -0.39 is 12.0 Å². The van der Waals surface area contributed by atoms with Crippen LogP contribution in [0.3, 0.4) is 0 Å². The second-order valence-corrected chi connectivity index (χ2v) is 2.23. The molecule has 0 aliphatic carbocycles. The Bertz CT molecular complexity index is 132. The summed E-state index contributed by atoms with van der Waals surface area (Å²) in [6.07, 6.45) is 1.57. The number of aliphatic carboxylic acids is 1. The highest BCUT2D eigenvalue weighted by molar-refractivity contribution is 5.73. The molecule has 0 saturated heterocycles. The summed E-state index contributed by atoms with van der Waals surface area (Å²) in [6, 6.07) is -0.930. The van der Waals surface area contributed by atoms with Crippen LogP contribution in [0.25, 0.3) is 0 Å². The van der Waals surface area contributed by atoms with Crippen LogP contribution in [0.2, 0.25) is 0 Å². The first kappa shape index (κ1) is 8.49. The number of carboxylic acid groups (broad SMARTS) is 1. The van der Waals surface area contributed by atoms with Gasteiger partial charge >= 0.3 is 5.97 Å². The number of carbonyl (C=O) groups is 1. The molecule has 0 aliphatic rings. The Morgan fingerprint density at radius 2 is 2.64 bits per heavy atom. The second kappa shape index (κ2) is 6.12. The molecule has 0 aromatic heterocycles. The highest BCUT2D eigenvalue weighted by atomic mass is 16.5. The Labute approximate surface area is 67.7 Å². The molecule has 1 atom stereocenters. The largest absolute Gasteiger partial charge is 0.480 e. The molecule has 0 heterocycles. The molecule has 0 amide bonds. The van der Waals surface area contributed by atoms with Gasteiger partial charge in [-0.05, 0) is 6.42 Å². The van der Waals surface area contributed by atoms with Crippen molar-refractivity contribution in [2.75, 3.05) is 13.2 Å². The Morgan fingerprint density at radius 1 is 1.91 bits per heavy atom. The van der Waals surface area contributed by atoms with E-state index in [0.29, 0.717) is 13.5 Å². The van der Waals surface area contributed by atoms with Gasteiger partial charge in [-0.2, -0.15) is 0 Å². The third-order valence-corrected chi connectivity index (χ3v) is 1.15. The zero-order valence-corrected chi connectivity index (χ0v) is 6.45. The lowest BCUT2D eigenvalue weighted by Gasteiger charge is -2.06. The number of hydrogen-bond acceptors (Lipinski definition) is 3. The summed E-state index contributed by atoms with van der Waals surface area (Å²) < 4.78 is 11.8. The van der Waals surface area contributed by atoms with E-state index >= 15 is 0 Å². The summed E-state index contributed by atoms with van der Waals surface area (Å²) in [5, 5.41) is 8.35.